The minimum atomic E-state index is -4.33. The summed E-state index contributed by atoms with van der Waals surface area (Å²) < 4.78 is 34.8. The van der Waals surface area contributed by atoms with Crippen LogP contribution in [0.15, 0.2) is 48.6 Å². The van der Waals surface area contributed by atoms with Crippen LogP contribution in [0.5, 0.6) is 0 Å². The van der Waals surface area contributed by atoms with Crippen molar-refractivity contribution >= 4 is 19.4 Å². The van der Waals surface area contributed by atoms with Crippen molar-refractivity contribution in [3.8, 4) is 0 Å². The van der Waals surface area contributed by atoms with Crippen molar-refractivity contribution in [2.24, 2.45) is 0 Å². The van der Waals surface area contributed by atoms with E-state index in [0.29, 0.717) is 23.9 Å². The number of phosphoric ester groups is 1. The molecule has 1 N–H and O–H groups in total. The number of Topliss-reactive ketones (excluding diaryl/α,β-unsaturated/α-hetero) is 2. The summed E-state index contributed by atoms with van der Waals surface area (Å²) in [5.74, 6) is -0.0452. The Labute approximate surface area is 331 Å². The van der Waals surface area contributed by atoms with Crippen molar-refractivity contribution in [3.05, 3.63) is 48.6 Å². The number of hydrogen-bond donors (Lipinski definition) is 1. The quantitative estimate of drug-likeness (QED) is 0.0283. The van der Waals surface area contributed by atoms with E-state index in [4.69, 9.17) is 18.5 Å². The minimum Gasteiger partial charge on any atom is -0.371 e. The van der Waals surface area contributed by atoms with Crippen LogP contribution in [-0.4, -0.2) is 87.8 Å². The van der Waals surface area contributed by atoms with Gasteiger partial charge in [-0.3, -0.25) is 18.6 Å². The monoisotopic (exact) mass is 783 g/mol. The van der Waals surface area contributed by atoms with Crippen molar-refractivity contribution in [3.63, 3.8) is 0 Å². The number of hydrogen-bond acceptors (Lipinski definition) is 7. The van der Waals surface area contributed by atoms with Crippen LogP contribution in [0, 0.1) is 0 Å². The maximum atomic E-state index is 12.6. The molecule has 54 heavy (non-hydrogen) atoms. The topological polar surface area (TPSA) is 108 Å². The van der Waals surface area contributed by atoms with Gasteiger partial charge >= 0.3 is 7.82 Å². The number of ether oxygens (including phenoxy) is 2. The van der Waals surface area contributed by atoms with Crippen LogP contribution in [0.2, 0.25) is 0 Å². The summed E-state index contributed by atoms with van der Waals surface area (Å²) in [4.78, 5) is 35.2. The lowest BCUT2D eigenvalue weighted by molar-refractivity contribution is -0.870. The molecule has 0 bridgehead atoms. The smallest absolute Gasteiger partial charge is 0.371 e. The molecule has 0 saturated carbocycles. The molecule has 0 fully saturated rings. The van der Waals surface area contributed by atoms with E-state index in [2.05, 4.69) is 62.5 Å². The highest BCUT2D eigenvalue weighted by Gasteiger charge is 2.25. The number of ketones is 2. The number of rotatable bonds is 40. The Hall–Kier alpha value is -1.71. The fourth-order valence-electron chi connectivity index (χ4n) is 5.36. The first-order valence-electron chi connectivity index (χ1n) is 21.2. The van der Waals surface area contributed by atoms with E-state index in [-0.39, 0.29) is 44.6 Å². The molecular formula is C44H81NO8P+. The fourth-order valence-corrected chi connectivity index (χ4v) is 6.10. The highest BCUT2D eigenvalue weighted by Crippen LogP contribution is 2.43. The summed E-state index contributed by atoms with van der Waals surface area (Å²) in [6.07, 6.45) is 40.1. The summed E-state index contributed by atoms with van der Waals surface area (Å²) in [6, 6.07) is 0. The number of quaternary nitrogens is 1. The molecule has 0 spiro atoms. The summed E-state index contributed by atoms with van der Waals surface area (Å²) >= 11 is 0. The number of allylic oxidation sites excluding steroid dienone is 8. The molecule has 0 heterocycles. The van der Waals surface area contributed by atoms with Crippen molar-refractivity contribution in [2.75, 3.05) is 60.7 Å². The second-order valence-corrected chi connectivity index (χ2v) is 16.8. The summed E-state index contributed by atoms with van der Waals surface area (Å²) in [5.41, 5.74) is 0. The minimum absolute atomic E-state index is 0.00188. The van der Waals surface area contributed by atoms with Gasteiger partial charge in [0, 0.05) is 12.8 Å². The first-order valence-corrected chi connectivity index (χ1v) is 22.7. The normalized spacial score (nSPS) is 14.3. The number of likely N-dealkylation sites (N-methyl/N-ethyl adjacent to an activating group) is 1. The number of carbonyl (C=O) groups is 2. The standard InChI is InChI=1S/C44H80NO8P/c1-6-8-10-12-14-16-18-20-22-24-26-28-30-32-34-42(46)38-50-40-44(41-53-54(48,49)52-37-36-45(3,4)5)51-39-43(47)35-33-31-29-27-25-23-21-19-17-15-13-11-9-7-2/h14-17,20-23,44H,6-13,18-19,24-41H2,1-5H3/p+1/t44-/m1/s1. The molecule has 0 aromatic rings. The predicted octanol–water partition coefficient (Wildman–Crippen LogP) is 11.2. The zero-order valence-corrected chi connectivity index (χ0v) is 36.1. The number of unbranched alkanes of at least 4 members (excludes halogenated alkanes) is 14. The molecule has 9 nitrogen and oxygen atoms in total. The number of nitrogens with zero attached hydrogens (tertiary/aromatic N) is 1. The van der Waals surface area contributed by atoms with Crippen LogP contribution in [-0.2, 0) is 32.7 Å². The Balaban J connectivity index is 4.42. The van der Waals surface area contributed by atoms with Crippen molar-refractivity contribution in [1.82, 2.24) is 0 Å². The van der Waals surface area contributed by atoms with Gasteiger partial charge < -0.3 is 18.9 Å². The second kappa shape index (κ2) is 36.9. The molecule has 0 saturated heterocycles. The third-order valence-electron chi connectivity index (χ3n) is 8.80. The van der Waals surface area contributed by atoms with Gasteiger partial charge in [0.05, 0.1) is 34.4 Å². The highest BCUT2D eigenvalue weighted by molar-refractivity contribution is 7.47. The number of phosphoric acid groups is 1. The van der Waals surface area contributed by atoms with Gasteiger partial charge in [-0.05, 0) is 77.0 Å². The van der Waals surface area contributed by atoms with Crippen LogP contribution in [0.1, 0.15) is 155 Å². The van der Waals surface area contributed by atoms with E-state index in [1.165, 1.54) is 51.4 Å². The van der Waals surface area contributed by atoms with E-state index >= 15 is 0 Å². The molecule has 0 radical (unpaired) electrons. The highest BCUT2D eigenvalue weighted by atomic mass is 31.2. The van der Waals surface area contributed by atoms with E-state index in [1.807, 2.05) is 21.1 Å². The largest absolute Gasteiger partial charge is 0.472 e. The van der Waals surface area contributed by atoms with Crippen LogP contribution in [0.25, 0.3) is 0 Å². The van der Waals surface area contributed by atoms with Gasteiger partial charge in [-0.1, -0.05) is 114 Å². The van der Waals surface area contributed by atoms with E-state index < -0.39 is 13.9 Å². The van der Waals surface area contributed by atoms with Crippen molar-refractivity contribution in [2.45, 2.75) is 161 Å². The average Bonchev–Trinajstić information content (AvgIpc) is 3.12. The summed E-state index contributed by atoms with van der Waals surface area (Å²) in [5, 5.41) is 0. The lowest BCUT2D eigenvalue weighted by Crippen LogP contribution is -2.37. The summed E-state index contributed by atoms with van der Waals surface area (Å²) in [6.45, 7) is 4.45. The van der Waals surface area contributed by atoms with Crippen molar-refractivity contribution < 1.29 is 42.1 Å². The van der Waals surface area contributed by atoms with Crippen molar-refractivity contribution in [1.29, 1.82) is 0 Å². The molecule has 0 aliphatic carbocycles. The lowest BCUT2D eigenvalue weighted by Gasteiger charge is -2.24. The van der Waals surface area contributed by atoms with Gasteiger partial charge in [0.2, 0.25) is 0 Å². The lowest BCUT2D eigenvalue weighted by atomic mass is 10.1. The Morgan fingerprint density at radius 1 is 0.593 bits per heavy atom. The predicted molar refractivity (Wildman–Crippen MR) is 225 cm³/mol. The molecule has 0 aromatic carbocycles. The van der Waals surface area contributed by atoms with Gasteiger partial charge in [0.25, 0.3) is 0 Å². The van der Waals surface area contributed by atoms with Crippen LogP contribution in [0.4, 0.5) is 0 Å². The molecule has 0 aliphatic rings. The zero-order chi connectivity index (χ0) is 40.0. The second-order valence-electron chi connectivity index (χ2n) is 15.4. The van der Waals surface area contributed by atoms with Gasteiger partial charge in [-0.15, -0.1) is 0 Å². The van der Waals surface area contributed by atoms with Gasteiger partial charge in [-0.2, -0.15) is 0 Å². The van der Waals surface area contributed by atoms with Gasteiger partial charge in [-0.25, -0.2) is 4.57 Å². The van der Waals surface area contributed by atoms with E-state index in [9.17, 15) is 19.0 Å². The van der Waals surface area contributed by atoms with Crippen LogP contribution in [0.3, 0.4) is 0 Å². The van der Waals surface area contributed by atoms with Crippen LogP contribution >= 0.6 is 7.82 Å². The van der Waals surface area contributed by atoms with E-state index in [0.717, 1.165) is 77.0 Å². The Kier molecular flexibility index (Phi) is 35.7. The molecule has 314 valence electrons. The number of carbonyl (C=O) groups excluding carboxylic acids is 2. The molecule has 1 unspecified atom stereocenters. The maximum Gasteiger partial charge on any atom is 0.472 e. The maximum absolute atomic E-state index is 12.6. The summed E-state index contributed by atoms with van der Waals surface area (Å²) in [7, 11) is 1.53. The Bertz CT molecular complexity index is 1070. The fraction of sp³-hybridized carbons (Fsp3) is 0.773. The molecule has 0 amide bonds. The third kappa shape index (κ3) is 40.0. The molecule has 0 aromatic heterocycles. The Morgan fingerprint density at radius 3 is 1.50 bits per heavy atom. The molecule has 0 aliphatic heterocycles. The van der Waals surface area contributed by atoms with Gasteiger partial charge in [0.15, 0.2) is 11.6 Å². The van der Waals surface area contributed by atoms with Crippen LogP contribution < -0.4 is 0 Å². The molecule has 0 rings (SSSR count). The first kappa shape index (κ1) is 52.3. The first-order chi connectivity index (χ1) is 26.0. The molecular weight excluding hydrogens is 701 g/mol. The average molecular weight is 783 g/mol. The van der Waals surface area contributed by atoms with Gasteiger partial charge in [0.1, 0.15) is 32.5 Å². The third-order valence-corrected chi connectivity index (χ3v) is 9.78. The van der Waals surface area contributed by atoms with E-state index in [1.54, 1.807) is 0 Å². The zero-order valence-electron chi connectivity index (χ0n) is 35.2. The molecule has 10 heteroatoms. The Morgan fingerprint density at radius 2 is 1.04 bits per heavy atom. The SMILES string of the molecule is CCCCCC=CCC=CCCCCCCC(=O)COC[C@H](COP(=O)(O)OCC[N+](C)(C)C)OCC(=O)CCCCCCC=CCC=CCCCCC. The molecule has 2 atom stereocenters.